The van der Waals surface area contributed by atoms with E-state index in [0.29, 0.717) is 17.3 Å². The minimum absolute atomic E-state index is 0.258. The molecule has 1 aliphatic rings. The monoisotopic (exact) mass is 283 g/mol. The quantitative estimate of drug-likeness (QED) is 0.921. The van der Waals surface area contributed by atoms with Crippen molar-refractivity contribution in [1.82, 2.24) is 15.0 Å². The van der Waals surface area contributed by atoms with Crippen LogP contribution in [0.4, 0.5) is 11.9 Å². The molecule has 0 aromatic carbocycles. The third-order valence-electron chi connectivity index (χ3n) is 3.53. The first-order valence-electron chi connectivity index (χ1n) is 6.90. The van der Waals surface area contributed by atoms with E-state index in [0.717, 1.165) is 38.9 Å². The summed E-state index contributed by atoms with van der Waals surface area (Å²) >= 11 is 5.98. The Hall–Kier alpha value is -1.10. The summed E-state index contributed by atoms with van der Waals surface area (Å²) in [6.07, 6.45) is 3.32. The van der Waals surface area contributed by atoms with Gasteiger partial charge in [-0.25, -0.2) is 0 Å². The summed E-state index contributed by atoms with van der Waals surface area (Å²) in [6, 6.07) is 0. The van der Waals surface area contributed by atoms with Crippen LogP contribution < -0.4 is 10.2 Å². The highest BCUT2D eigenvalue weighted by molar-refractivity contribution is 6.28. The SMILES string of the molecule is CCCNc1nc(Cl)nc(N2CCC(C)(C)CC2)n1. The van der Waals surface area contributed by atoms with Crippen LogP contribution >= 0.6 is 11.6 Å². The van der Waals surface area contributed by atoms with E-state index in [4.69, 9.17) is 11.6 Å². The van der Waals surface area contributed by atoms with Gasteiger partial charge >= 0.3 is 0 Å². The molecule has 0 unspecified atom stereocenters. The first kappa shape index (κ1) is 14.3. The molecule has 1 aromatic rings. The minimum Gasteiger partial charge on any atom is -0.354 e. The van der Waals surface area contributed by atoms with E-state index < -0.39 is 0 Å². The van der Waals surface area contributed by atoms with Gasteiger partial charge in [0.25, 0.3) is 0 Å². The standard InChI is InChI=1S/C13H22ClN5/c1-4-7-15-11-16-10(14)17-12(18-11)19-8-5-13(2,3)6-9-19/h4-9H2,1-3H3,(H,15,16,17,18). The number of rotatable bonds is 4. The molecule has 5 nitrogen and oxygen atoms in total. The van der Waals surface area contributed by atoms with Gasteiger partial charge in [0.05, 0.1) is 0 Å². The van der Waals surface area contributed by atoms with Crippen LogP contribution in [-0.4, -0.2) is 34.6 Å². The topological polar surface area (TPSA) is 53.9 Å². The normalized spacial score (nSPS) is 18.4. The van der Waals surface area contributed by atoms with Gasteiger partial charge in [-0.15, -0.1) is 0 Å². The average molecular weight is 284 g/mol. The van der Waals surface area contributed by atoms with Crippen molar-refractivity contribution >= 4 is 23.5 Å². The van der Waals surface area contributed by atoms with E-state index in [1.807, 2.05) is 0 Å². The fourth-order valence-corrected chi connectivity index (χ4v) is 2.26. The fraction of sp³-hybridized carbons (Fsp3) is 0.769. The Labute approximate surface area is 119 Å². The van der Waals surface area contributed by atoms with Gasteiger partial charge < -0.3 is 10.2 Å². The number of nitrogens with zero attached hydrogens (tertiary/aromatic N) is 4. The second kappa shape index (κ2) is 5.90. The highest BCUT2D eigenvalue weighted by atomic mass is 35.5. The lowest BCUT2D eigenvalue weighted by Gasteiger charge is -2.36. The third-order valence-corrected chi connectivity index (χ3v) is 3.70. The van der Waals surface area contributed by atoms with Crippen LogP contribution in [0.1, 0.15) is 40.0 Å². The number of halogens is 1. The van der Waals surface area contributed by atoms with Crippen molar-refractivity contribution in [2.75, 3.05) is 29.9 Å². The Balaban J connectivity index is 2.09. The van der Waals surface area contributed by atoms with Gasteiger partial charge in [0.15, 0.2) is 0 Å². The van der Waals surface area contributed by atoms with Crippen LogP contribution in [-0.2, 0) is 0 Å². The number of hydrogen-bond donors (Lipinski definition) is 1. The number of piperidine rings is 1. The highest BCUT2D eigenvalue weighted by Crippen LogP contribution is 2.31. The summed E-state index contributed by atoms with van der Waals surface area (Å²) in [5.41, 5.74) is 0.413. The summed E-state index contributed by atoms with van der Waals surface area (Å²) in [5, 5.41) is 3.42. The molecule has 2 rings (SSSR count). The summed E-state index contributed by atoms with van der Waals surface area (Å²) in [5.74, 6) is 1.26. The molecule has 0 saturated carbocycles. The van der Waals surface area contributed by atoms with Gasteiger partial charge in [-0.1, -0.05) is 20.8 Å². The first-order chi connectivity index (χ1) is 9.00. The molecule has 0 radical (unpaired) electrons. The lowest BCUT2D eigenvalue weighted by Crippen LogP contribution is -2.38. The van der Waals surface area contributed by atoms with Crippen molar-refractivity contribution in [3.05, 3.63) is 5.28 Å². The third kappa shape index (κ3) is 3.93. The van der Waals surface area contributed by atoms with Gasteiger partial charge in [0, 0.05) is 19.6 Å². The van der Waals surface area contributed by atoms with Crippen LogP contribution in [0.3, 0.4) is 0 Å². The largest absolute Gasteiger partial charge is 0.354 e. The van der Waals surface area contributed by atoms with E-state index in [9.17, 15) is 0 Å². The first-order valence-corrected chi connectivity index (χ1v) is 7.28. The number of aromatic nitrogens is 3. The molecule has 1 saturated heterocycles. The molecule has 106 valence electrons. The summed E-state index contributed by atoms with van der Waals surface area (Å²) in [7, 11) is 0. The smallest absolute Gasteiger partial charge is 0.231 e. The summed E-state index contributed by atoms with van der Waals surface area (Å²) in [6.45, 7) is 9.50. The maximum absolute atomic E-state index is 5.98. The Kier molecular flexibility index (Phi) is 4.45. The fourth-order valence-electron chi connectivity index (χ4n) is 2.11. The van der Waals surface area contributed by atoms with Crippen molar-refractivity contribution in [1.29, 1.82) is 0 Å². The Morgan fingerprint density at radius 3 is 2.53 bits per heavy atom. The molecular formula is C13H22ClN5. The second-order valence-electron chi connectivity index (χ2n) is 5.81. The Morgan fingerprint density at radius 1 is 1.21 bits per heavy atom. The van der Waals surface area contributed by atoms with Gasteiger partial charge in [0.2, 0.25) is 17.2 Å². The van der Waals surface area contributed by atoms with Gasteiger partial charge in [-0.3, -0.25) is 0 Å². The van der Waals surface area contributed by atoms with Gasteiger partial charge in [-0.2, -0.15) is 15.0 Å². The van der Waals surface area contributed by atoms with E-state index in [1.54, 1.807) is 0 Å². The van der Waals surface area contributed by atoms with E-state index in [1.165, 1.54) is 0 Å². The molecule has 1 aromatic heterocycles. The lowest BCUT2D eigenvalue weighted by molar-refractivity contribution is 0.278. The van der Waals surface area contributed by atoms with Crippen molar-refractivity contribution in [2.24, 2.45) is 5.41 Å². The molecule has 1 N–H and O–H groups in total. The highest BCUT2D eigenvalue weighted by Gasteiger charge is 2.27. The van der Waals surface area contributed by atoms with Crippen LogP contribution in [0.25, 0.3) is 0 Å². The lowest BCUT2D eigenvalue weighted by atomic mass is 9.83. The van der Waals surface area contributed by atoms with Gasteiger partial charge in [0.1, 0.15) is 0 Å². The maximum atomic E-state index is 5.98. The molecule has 0 atom stereocenters. The summed E-state index contributed by atoms with van der Waals surface area (Å²) in [4.78, 5) is 15.0. The zero-order chi connectivity index (χ0) is 13.9. The van der Waals surface area contributed by atoms with Crippen molar-refractivity contribution in [3.8, 4) is 0 Å². The van der Waals surface area contributed by atoms with Crippen LogP contribution in [0.15, 0.2) is 0 Å². The molecule has 0 amide bonds. The zero-order valence-corrected chi connectivity index (χ0v) is 12.7. The van der Waals surface area contributed by atoms with Gasteiger partial charge in [-0.05, 0) is 36.3 Å². The molecular weight excluding hydrogens is 262 g/mol. The predicted molar refractivity (Wildman–Crippen MR) is 78.8 cm³/mol. The maximum Gasteiger partial charge on any atom is 0.231 e. The second-order valence-corrected chi connectivity index (χ2v) is 6.14. The van der Waals surface area contributed by atoms with E-state index in [-0.39, 0.29) is 5.28 Å². The molecule has 0 spiro atoms. The van der Waals surface area contributed by atoms with E-state index in [2.05, 4.69) is 45.9 Å². The predicted octanol–water partition coefficient (Wildman–Crippen LogP) is 2.97. The summed E-state index contributed by atoms with van der Waals surface area (Å²) < 4.78 is 0. The molecule has 0 bridgehead atoms. The average Bonchev–Trinajstić information content (AvgIpc) is 2.35. The molecule has 0 aliphatic carbocycles. The molecule has 1 aliphatic heterocycles. The Morgan fingerprint density at radius 2 is 1.89 bits per heavy atom. The van der Waals surface area contributed by atoms with Crippen molar-refractivity contribution < 1.29 is 0 Å². The molecule has 6 heteroatoms. The minimum atomic E-state index is 0.258. The van der Waals surface area contributed by atoms with Crippen LogP contribution in [0.2, 0.25) is 5.28 Å². The number of anilines is 2. The molecule has 1 fully saturated rings. The van der Waals surface area contributed by atoms with Crippen molar-refractivity contribution in [2.45, 2.75) is 40.0 Å². The van der Waals surface area contributed by atoms with E-state index >= 15 is 0 Å². The molecule has 19 heavy (non-hydrogen) atoms. The molecule has 2 heterocycles. The number of hydrogen-bond acceptors (Lipinski definition) is 5. The van der Waals surface area contributed by atoms with Crippen LogP contribution in [0.5, 0.6) is 0 Å². The Bertz CT molecular complexity index is 425. The van der Waals surface area contributed by atoms with Crippen molar-refractivity contribution in [3.63, 3.8) is 0 Å². The zero-order valence-electron chi connectivity index (χ0n) is 11.9. The number of nitrogens with one attached hydrogen (secondary N) is 1. The van der Waals surface area contributed by atoms with Crippen LogP contribution in [0, 0.1) is 5.41 Å².